The molecule has 1 heterocycles. The van der Waals surface area contributed by atoms with Gasteiger partial charge in [0.1, 0.15) is 0 Å². The fraction of sp³-hybridized carbons (Fsp3) is 0.167. The minimum absolute atomic E-state index is 0.181. The summed E-state index contributed by atoms with van der Waals surface area (Å²) >= 11 is 7.38. The SMILES string of the molecule is Nc1cc(Cl)cc(C(=O)NCCc2cscn2)c1. The van der Waals surface area contributed by atoms with Crippen molar-refractivity contribution < 1.29 is 4.79 Å². The molecular weight excluding hydrogens is 270 g/mol. The summed E-state index contributed by atoms with van der Waals surface area (Å²) in [5, 5.41) is 5.22. The van der Waals surface area contributed by atoms with E-state index in [0.29, 0.717) is 29.2 Å². The predicted octanol–water partition coefficient (Wildman–Crippen LogP) is 2.35. The van der Waals surface area contributed by atoms with Gasteiger partial charge in [-0.3, -0.25) is 4.79 Å². The zero-order valence-electron chi connectivity index (χ0n) is 9.52. The van der Waals surface area contributed by atoms with Crippen LogP contribution in [-0.2, 0) is 6.42 Å². The van der Waals surface area contributed by atoms with E-state index in [1.54, 1.807) is 35.0 Å². The quantitative estimate of drug-likeness (QED) is 0.846. The largest absolute Gasteiger partial charge is 0.399 e. The van der Waals surface area contributed by atoms with Gasteiger partial charge in [0.2, 0.25) is 0 Å². The molecule has 0 spiro atoms. The van der Waals surface area contributed by atoms with Crippen LogP contribution in [0.5, 0.6) is 0 Å². The Bertz CT molecular complexity index is 522. The average molecular weight is 282 g/mol. The highest BCUT2D eigenvalue weighted by Crippen LogP contribution is 2.16. The number of carbonyl (C=O) groups excluding carboxylic acids is 1. The lowest BCUT2D eigenvalue weighted by atomic mass is 10.2. The number of nitrogens with zero attached hydrogens (tertiary/aromatic N) is 1. The molecule has 2 rings (SSSR count). The van der Waals surface area contributed by atoms with Gasteiger partial charge in [-0.25, -0.2) is 4.98 Å². The van der Waals surface area contributed by atoms with Crippen molar-refractivity contribution in [3.63, 3.8) is 0 Å². The molecule has 0 unspecified atom stereocenters. The second-order valence-corrected chi connectivity index (χ2v) is 4.91. The Morgan fingerprint density at radius 1 is 1.44 bits per heavy atom. The van der Waals surface area contributed by atoms with Gasteiger partial charge in [0.25, 0.3) is 5.91 Å². The first-order valence-corrected chi connectivity index (χ1v) is 6.68. The summed E-state index contributed by atoms with van der Waals surface area (Å²) in [6.45, 7) is 0.537. The fourth-order valence-electron chi connectivity index (χ4n) is 1.51. The van der Waals surface area contributed by atoms with Gasteiger partial charge in [-0.2, -0.15) is 0 Å². The Kier molecular flexibility index (Phi) is 4.17. The minimum atomic E-state index is -0.181. The van der Waals surface area contributed by atoms with E-state index in [-0.39, 0.29) is 5.91 Å². The number of aromatic nitrogens is 1. The number of nitrogen functional groups attached to an aromatic ring is 1. The van der Waals surface area contributed by atoms with Gasteiger partial charge in [0.15, 0.2) is 0 Å². The van der Waals surface area contributed by atoms with Crippen molar-refractivity contribution in [3.8, 4) is 0 Å². The first-order chi connectivity index (χ1) is 8.65. The second-order valence-electron chi connectivity index (χ2n) is 3.76. The second kappa shape index (κ2) is 5.84. The molecule has 6 heteroatoms. The van der Waals surface area contributed by atoms with Gasteiger partial charge in [-0.05, 0) is 18.2 Å². The van der Waals surface area contributed by atoms with E-state index in [0.717, 1.165) is 5.69 Å². The number of benzene rings is 1. The Labute approximate surface area is 114 Å². The molecule has 0 radical (unpaired) electrons. The number of halogens is 1. The molecule has 0 atom stereocenters. The molecule has 0 bridgehead atoms. The number of hydrogen-bond acceptors (Lipinski definition) is 4. The van der Waals surface area contributed by atoms with Crippen LogP contribution in [0.15, 0.2) is 29.1 Å². The van der Waals surface area contributed by atoms with Crippen LogP contribution in [0.1, 0.15) is 16.1 Å². The molecule has 4 nitrogen and oxygen atoms in total. The van der Waals surface area contributed by atoms with Crippen LogP contribution in [0.2, 0.25) is 5.02 Å². The monoisotopic (exact) mass is 281 g/mol. The first kappa shape index (κ1) is 12.9. The number of nitrogens with one attached hydrogen (secondary N) is 1. The van der Waals surface area contributed by atoms with E-state index in [1.807, 2.05) is 5.38 Å². The maximum absolute atomic E-state index is 11.8. The highest BCUT2D eigenvalue weighted by atomic mass is 35.5. The predicted molar refractivity (Wildman–Crippen MR) is 74.0 cm³/mol. The van der Waals surface area contributed by atoms with Crippen LogP contribution in [-0.4, -0.2) is 17.4 Å². The number of hydrogen-bond donors (Lipinski definition) is 2. The molecule has 1 aromatic carbocycles. The number of thiazole rings is 1. The summed E-state index contributed by atoms with van der Waals surface area (Å²) in [5.74, 6) is -0.181. The average Bonchev–Trinajstić information content (AvgIpc) is 2.80. The standard InChI is InChI=1S/C12H12ClN3OS/c13-9-3-8(4-10(14)5-9)12(17)15-2-1-11-6-18-7-16-11/h3-7H,1-2,14H2,(H,15,17). The van der Waals surface area contributed by atoms with Crippen molar-refractivity contribution in [2.24, 2.45) is 0 Å². The van der Waals surface area contributed by atoms with E-state index in [2.05, 4.69) is 10.3 Å². The molecule has 1 amide bonds. The van der Waals surface area contributed by atoms with Crippen molar-refractivity contribution in [2.75, 3.05) is 12.3 Å². The lowest BCUT2D eigenvalue weighted by Gasteiger charge is -2.05. The van der Waals surface area contributed by atoms with Gasteiger partial charge in [-0.15, -0.1) is 11.3 Å². The number of nitrogens with two attached hydrogens (primary N) is 1. The Morgan fingerprint density at radius 3 is 2.94 bits per heavy atom. The molecular formula is C12H12ClN3OS. The third-order valence-electron chi connectivity index (χ3n) is 2.33. The maximum atomic E-state index is 11.8. The minimum Gasteiger partial charge on any atom is -0.399 e. The highest BCUT2D eigenvalue weighted by Gasteiger charge is 2.07. The Morgan fingerprint density at radius 2 is 2.28 bits per heavy atom. The van der Waals surface area contributed by atoms with Gasteiger partial charge >= 0.3 is 0 Å². The lowest BCUT2D eigenvalue weighted by Crippen LogP contribution is -2.25. The Balaban J connectivity index is 1.91. The van der Waals surface area contributed by atoms with Crippen molar-refractivity contribution >= 4 is 34.5 Å². The van der Waals surface area contributed by atoms with E-state index in [4.69, 9.17) is 17.3 Å². The molecule has 0 saturated carbocycles. The van der Waals surface area contributed by atoms with Gasteiger partial charge in [-0.1, -0.05) is 11.6 Å². The van der Waals surface area contributed by atoms with Crippen LogP contribution in [0, 0.1) is 0 Å². The van der Waals surface area contributed by atoms with Gasteiger partial charge < -0.3 is 11.1 Å². The summed E-state index contributed by atoms with van der Waals surface area (Å²) in [5.41, 5.74) is 9.33. The lowest BCUT2D eigenvalue weighted by molar-refractivity contribution is 0.0954. The van der Waals surface area contributed by atoms with Crippen LogP contribution >= 0.6 is 22.9 Å². The molecule has 3 N–H and O–H groups in total. The number of carbonyl (C=O) groups is 1. The topological polar surface area (TPSA) is 68.0 Å². The highest BCUT2D eigenvalue weighted by molar-refractivity contribution is 7.07. The van der Waals surface area contributed by atoms with E-state index in [9.17, 15) is 4.79 Å². The summed E-state index contributed by atoms with van der Waals surface area (Å²) in [7, 11) is 0. The summed E-state index contributed by atoms with van der Waals surface area (Å²) in [4.78, 5) is 16.0. The molecule has 2 aromatic rings. The van der Waals surface area contributed by atoms with E-state index < -0.39 is 0 Å². The number of anilines is 1. The maximum Gasteiger partial charge on any atom is 0.251 e. The zero-order chi connectivity index (χ0) is 13.0. The van der Waals surface area contributed by atoms with Crippen molar-refractivity contribution in [1.29, 1.82) is 0 Å². The molecule has 0 fully saturated rings. The summed E-state index contributed by atoms with van der Waals surface area (Å²) in [6, 6.07) is 4.80. The molecule has 18 heavy (non-hydrogen) atoms. The molecule has 0 aliphatic carbocycles. The molecule has 0 saturated heterocycles. The first-order valence-electron chi connectivity index (χ1n) is 5.36. The number of amides is 1. The van der Waals surface area contributed by atoms with Crippen LogP contribution in [0.25, 0.3) is 0 Å². The molecule has 0 aliphatic rings. The molecule has 0 aliphatic heterocycles. The van der Waals surface area contributed by atoms with Crippen LogP contribution in [0.3, 0.4) is 0 Å². The van der Waals surface area contributed by atoms with Crippen molar-refractivity contribution in [2.45, 2.75) is 6.42 Å². The smallest absolute Gasteiger partial charge is 0.251 e. The fourth-order valence-corrected chi connectivity index (χ4v) is 2.35. The van der Waals surface area contributed by atoms with E-state index in [1.165, 1.54) is 0 Å². The van der Waals surface area contributed by atoms with Gasteiger partial charge in [0.05, 0.1) is 11.2 Å². The van der Waals surface area contributed by atoms with Gasteiger partial charge in [0, 0.05) is 34.6 Å². The Hall–Kier alpha value is -1.59. The van der Waals surface area contributed by atoms with Crippen LogP contribution in [0.4, 0.5) is 5.69 Å². The normalized spacial score (nSPS) is 10.3. The summed E-state index contributed by atoms with van der Waals surface area (Å²) in [6.07, 6.45) is 0.714. The molecule has 94 valence electrons. The van der Waals surface area contributed by atoms with Crippen molar-refractivity contribution in [3.05, 3.63) is 45.4 Å². The third-order valence-corrected chi connectivity index (χ3v) is 3.19. The zero-order valence-corrected chi connectivity index (χ0v) is 11.1. The van der Waals surface area contributed by atoms with E-state index >= 15 is 0 Å². The molecule has 1 aromatic heterocycles. The summed E-state index contributed by atoms with van der Waals surface area (Å²) < 4.78 is 0. The van der Waals surface area contributed by atoms with Crippen LogP contribution < -0.4 is 11.1 Å². The number of rotatable bonds is 4. The third kappa shape index (κ3) is 3.45. The van der Waals surface area contributed by atoms with Crippen molar-refractivity contribution in [1.82, 2.24) is 10.3 Å².